The molecule has 0 unspecified atom stereocenters. The molecule has 0 N–H and O–H groups in total. The molecule has 0 amide bonds. The number of hydrogen-bond acceptors (Lipinski definition) is 1. The lowest BCUT2D eigenvalue weighted by molar-refractivity contribution is 0.0854. The Kier molecular flexibility index (Phi) is 2.40. The normalized spacial score (nSPS) is 16.4. The zero-order chi connectivity index (χ0) is 10.1. The molecule has 0 aliphatic heterocycles. The summed E-state index contributed by atoms with van der Waals surface area (Å²) < 4.78 is 0. The lowest BCUT2D eigenvalue weighted by Crippen LogP contribution is -2.23. The zero-order valence-electron chi connectivity index (χ0n) is 8.84. The summed E-state index contributed by atoms with van der Waals surface area (Å²) in [6, 6.07) is 6.07. The predicted octanol–water partition coefficient (Wildman–Crippen LogP) is 3.29. The van der Waals surface area contributed by atoms with Gasteiger partial charge in [-0.2, -0.15) is 0 Å². The molecule has 1 fully saturated rings. The molecular formula is C13H16O. The van der Waals surface area contributed by atoms with Crippen LogP contribution in [0.2, 0.25) is 0 Å². The molecule has 0 radical (unpaired) electrons. The number of benzene rings is 1. The van der Waals surface area contributed by atoms with Crippen molar-refractivity contribution >= 4 is 5.78 Å². The van der Waals surface area contributed by atoms with Gasteiger partial charge in [-0.05, 0) is 37.8 Å². The number of carbonyl (C=O) groups is 1. The monoisotopic (exact) mass is 188 g/mol. The second-order valence-electron chi connectivity index (χ2n) is 4.26. The summed E-state index contributed by atoms with van der Waals surface area (Å²) in [5.41, 5.74) is 3.22. The van der Waals surface area contributed by atoms with Gasteiger partial charge in [0.25, 0.3) is 0 Å². The highest BCUT2D eigenvalue weighted by Crippen LogP contribution is 2.31. The number of aryl methyl sites for hydroxylation is 2. The Morgan fingerprint density at radius 2 is 1.79 bits per heavy atom. The topological polar surface area (TPSA) is 17.1 Å². The number of ketones is 1. The van der Waals surface area contributed by atoms with Crippen LogP contribution in [0.4, 0.5) is 0 Å². The minimum absolute atomic E-state index is 0.315. The minimum Gasteiger partial charge on any atom is -0.294 e. The van der Waals surface area contributed by atoms with E-state index < -0.39 is 0 Å². The lowest BCUT2D eigenvalue weighted by Gasteiger charge is -2.25. The van der Waals surface area contributed by atoms with Crippen molar-refractivity contribution < 1.29 is 4.79 Å². The molecule has 0 spiro atoms. The van der Waals surface area contributed by atoms with E-state index >= 15 is 0 Å². The summed E-state index contributed by atoms with van der Waals surface area (Å²) in [7, 11) is 0. The molecular weight excluding hydrogens is 172 g/mol. The molecule has 1 aliphatic rings. The van der Waals surface area contributed by atoms with Gasteiger partial charge < -0.3 is 0 Å². The van der Waals surface area contributed by atoms with Gasteiger partial charge >= 0.3 is 0 Å². The number of Topliss-reactive ketones (excluding diaryl/α,β-unsaturated/α-hetero) is 1. The molecule has 0 bridgehead atoms. The molecule has 0 aromatic heterocycles. The second kappa shape index (κ2) is 3.56. The fourth-order valence-electron chi connectivity index (χ4n) is 2.08. The molecule has 1 nitrogen and oxygen atoms in total. The van der Waals surface area contributed by atoms with Gasteiger partial charge in [-0.15, -0.1) is 0 Å². The van der Waals surface area contributed by atoms with E-state index in [1.165, 1.54) is 6.42 Å². The number of carbonyl (C=O) groups excluding carboxylic acids is 1. The molecule has 1 saturated carbocycles. The van der Waals surface area contributed by atoms with Crippen LogP contribution >= 0.6 is 0 Å². The van der Waals surface area contributed by atoms with Crippen LogP contribution in [0.5, 0.6) is 0 Å². The van der Waals surface area contributed by atoms with Crippen LogP contribution in [0.15, 0.2) is 18.2 Å². The fraction of sp³-hybridized carbons (Fsp3) is 0.462. The van der Waals surface area contributed by atoms with Crippen LogP contribution in [0.3, 0.4) is 0 Å². The highest BCUT2D eigenvalue weighted by atomic mass is 16.1. The van der Waals surface area contributed by atoms with Crippen molar-refractivity contribution in [1.29, 1.82) is 0 Å². The maximum atomic E-state index is 12.1. The number of rotatable bonds is 2. The minimum atomic E-state index is 0.315. The van der Waals surface area contributed by atoms with E-state index in [0.29, 0.717) is 11.7 Å². The Morgan fingerprint density at radius 3 is 2.21 bits per heavy atom. The molecule has 74 valence electrons. The van der Waals surface area contributed by atoms with Crippen molar-refractivity contribution in [2.24, 2.45) is 5.92 Å². The van der Waals surface area contributed by atoms with Crippen LogP contribution in [-0.2, 0) is 0 Å². The van der Waals surface area contributed by atoms with Gasteiger partial charge in [-0.3, -0.25) is 4.79 Å². The maximum absolute atomic E-state index is 12.1. The largest absolute Gasteiger partial charge is 0.294 e. The molecule has 1 heteroatoms. The average Bonchev–Trinajstić information content (AvgIpc) is 2.00. The first kappa shape index (κ1) is 9.45. The third-order valence-corrected chi connectivity index (χ3v) is 3.20. The highest BCUT2D eigenvalue weighted by molar-refractivity contribution is 6.00. The Bertz CT molecular complexity index is 341. The van der Waals surface area contributed by atoms with Gasteiger partial charge in [-0.1, -0.05) is 24.6 Å². The van der Waals surface area contributed by atoms with Gasteiger partial charge in [0, 0.05) is 11.5 Å². The Hall–Kier alpha value is -1.11. The SMILES string of the molecule is Cc1cccc(C)c1C(=O)C1CCC1. The van der Waals surface area contributed by atoms with E-state index in [0.717, 1.165) is 29.5 Å². The van der Waals surface area contributed by atoms with Crippen LogP contribution in [0.1, 0.15) is 40.7 Å². The van der Waals surface area contributed by atoms with E-state index in [1.54, 1.807) is 0 Å². The van der Waals surface area contributed by atoms with Crippen molar-refractivity contribution in [2.45, 2.75) is 33.1 Å². The van der Waals surface area contributed by atoms with Crippen molar-refractivity contribution in [2.75, 3.05) is 0 Å². The molecule has 0 heterocycles. The summed E-state index contributed by atoms with van der Waals surface area (Å²) in [5.74, 6) is 0.682. The van der Waals surface area contributed by atoms with Crippen molar-refractivity contribution in [3.8, 4) is 0 Å². The summed E-state index contributed by atoms with van der Waals surface area (Å²) in [6.45, 7) is 4.05. The Labute approximate surface area is 85.1 Å². The van der Waals surface area contributed by atoms with E-state index in [4.69, 9.17) is 0 Å². The van der Waals surface area contributed by atoms with Crippen LogP contribution in [0.25, 0.3) is 0 Å². The van der Waals surface area contributed by atoms with E-state index in [-0.39, 0.29) is 0 Å². The first-order chi connectivity index (χ1) is 6.70. The lowest BCUT2D eigenvalue weighted by atomic mass is 9.78. The predicted molar refractivity (Wildman–Crippen MR) is 57.6 cm³/mol. The molecule has 14 heavy (non-hydrogen) atoms. The van der Waals surface area contributed by atoms with Gasteiger partial charge in [0.1, 0.15) is 0 Å². The second-order valence-corrected chi connectivity index (χ2v) is 4.26. The average molecular weight is 188 g/mol. The zero-order valence-corrected chi connectivity index (χ0v) is 8.84. The van der Waals surface area contributed by atoms with Gasteiger partial charge in [0.2, 0.25) is 0 Å². The Morgan fingerprint density at radius 1 is 1.21 bits per heavy atom. The third-order valence-electron chi connectivity index (χ3n) is 3.20. The van der Waals surface area contributed by atoms with Crippen LogP contribution in [0, 0.1) is 19.8 Å². The summed E-state index contributed by atoms with van der Waals surface area (Å²) in [6.07, 6.45) is 3.40. The van der Waals surface area contributed by atoms with Crippen LogP contribution in [-0.4, -0.2) is 5.78 Å². The first-order valence-corrected chi connectivity index (χ1v) is 5.30. The highest BCUT2D eigenvalue weighted by Gasteiger charge is 2.27. The van der Waals surface area contributed by atoms with Gasteiger partial charge in [0.05, 0.1) is 0 Å². The molecule has 0 atom stereocenters. The van der Waals surface area contributed by atoms with E-state index in [9.17, 15) is 4.79 Å². The first-order valence-electron chi connectivity index (χ1n) is 5.30. The van der Waals surface area contributed by atoms with Gasteiger partial charge in [0.15, 0.2) is 5.78 Å². The summed E-state index contributed by atoms with van der Waals surface area (Å²) >= 11 is 0. The molecule has 1 aromatic rings. The van der Waals surface area contributed by atoms with Crippen molar-refractivity contribution in [3.05, 3.63) is 34.9 Å². The van der Waals surface area contributed by atoms with E-state index in [1.807, 2.05) is 32.0 Å². The van der Waals surface area contributed by atoms with Crippen LogP contribution < -0.4 is 0 Å². The summed E-state index contributed by atoms with van der Waals surface area (Å²) in [4.78, 5) is 12.1. The quantitative estimate of drug-likeness (QED) is 0.651. The standard InChI is InChI=1S/C13H16O/c1-9-5-3-6-10(2)12(9)13(14)11-7-4-8-11/h3,5-6,11H,4,7-8H2,1-2H3. The third kappa shape index (κ3) is 1.47. The molecule has 1 aromatic carbocycles. The molecule has 0 saturated heterocycles. The fourth-order valence-corrected chi connectivity index (χ4v) is 2.08. The van der Waals surface area contributed by atoms with Crippen molar-refractivity contribution in [3.63, 3.8) is 0 Å². The van der Waals surface area contributed by atoms with E-state index in [2.05, 4.69) is 0 Å². The van der Waals surface area contributed by atoms with Crippen molar-refractivity contribution in [1.82, 2.24) is 0 Å². The molecule has 1 aliphatic carbocycles. The number of hydrogen-bond donors (Lipinski definition) is 0. The summed E-state index contributed by atoms with van der Waals surface area (Å²) in [5, 5.41) is 0. The van der Waals surface area contributed by atoms with Gasteiger partial charge in [-0.25, -0.2) is 0 Å². The Balaban J connectivity index is 2.34. The maximum Gasteiger partial charge on any atom is 0.166 e. The molecule has 2 rings (SSSR count). The smallest absolute Gasteiger partial charge is 0.166 e.